The molecule has 0 aliphatic heterocycles. The smallest absolute Gasteiger partial charge is 0.0797 e. The van der Waals surface area contributed by atoms with E-state index in [0.717, 1.165) is 11.3 Å². The van der Waals surface area contributed by atoms with Crippen molar-refractivity contribution in [2.75, 3.05) is 0 Å². The maximum absolute atomic E-state index is 5.23. The zero-order valence-corrected chi connectivity index (χ0v) is 6.16. The minimum Gasteiger partial charge on any atom is -0.135 e. The molecule has 0 N–H and O–H groups in total. The summed E-state index contributed by atoms with van der Waals surface area (Å²) in [5.74, 6) is 2.64. The fourth-order valence-corrected chi connectivity index (χ4v) is 1.54. The van der Waals surface area contributed by atoms with Crippen molar-refractivity contribution in [1.29, 1.82) is 0 Å². The Labute approximate surface area is 59.5 Å². The zero-order valence-electron chi connectivity index (χ0n) is 5.35. The summed E-state index contributed by atoms with van der Waals surface area (Å²) in [5, 5.41) is 2.04. The first-order chi connectivity index (χ1) is 4.38. The summed E-state index contributed by atoms with van der Waals surface area (Å²) >= 11 is 1.64. The first-order valence-corrected chi connectivity index (χ1v) is 3.79. The van der Waals surface area contributed by atoms with Gasteiger partial charge in [-0.05, 0) is 23.4 Å². The highest BCUT2D eigenvalue weighted by atomic mass is 32.1. The predicted molar refractivity (Wildman–Crippen MR) is 41.6 cm³/mol. The van der Waals surface area contributed by atoms with Gasteiger partial charge in [-0.15, -0.1) is 17.8 Å². The molecule has 1 heteroatoms. The molecule has 1 heterocycles. The predicted octanol–water partition coefficient (Wildman–Crippen LogP) is 2.29. The molecule has 0 bridgehead atoms. The Morgan fingerprint density at radius 2 is 2.56 bits per heavy atom. The van der Waals surface area contributed by atoms with E-state index in [1.165, 1.54) is 5.56 Å². The lowest BCUT2D eigenvalue weighted by Gasteiger charge is -1.87. The summed E-state index contributed by atoms with van der Waals surface area (Å²) in [5.41, 5.74) is 1.29. The Balaban J connectivity index is 3.02. The van der Waals surface area contributed by atoms with Crippen molar-refractivity contribution in [2.45, 2.75) is 13.3 Å². The molecule has 0 saturated carbocycles. The third kappa shape index (κ3) is 1.14. The average molecular weight is 136 g/mol. The fourth-order valence-electron chi connectivity index (χ4n) is 0.741. The topological polar surface area (TPSA) is 0 Å². The van der Waals surface area contributed by atoms with Crippen molar-refractivity contribution in [3.8, 4) is 12.3 Å². The van der Waals surface area contributed by atoms with Gasteiger partial charge in [-0.1, -0.05) is 12.8 Å². The highest BCUT2D eigenvalue weighted by molar-refractivity contribution is 7.10. The lowest BCUT2D eigenvalue weighted by molar-refractivity contribution is 1.15. The highest BCUT2D eigenvalue weighted by Crippen LogP contribution is 2.14. The van der Waals surface area contributed by atoms with E-state index >= 15 is 0 Å². The van der Waals surface area contributed by atoms with Gasteiger partial charge >= 0.3 is 0 Å². The molecule has 0 aromatic carbocycles. The molecule has 0 amide bonds. The van der Waals surface area contributed by atoms with Crippen LogP contribution in [0.1, 0.15) is 17.4 Å². The Kier molecular flexibility index (Phi) is 1.92. The maximum atomic E-state index is 5.23. The molecule has 1 aromatic heterocycles. The molecule has 9 heavy (non-hydrogen) atoms. The summed E-state index contributed by atoms with van der Waals surface area (Å²) in [7, 11) is 0. The van der Waals surface area contributed by atoms with Gasteiger partial charge in [0.15, 0.2) is 0 Å². The molecule has 46 valence electrons. The van der Waals surface area contributed by atoms with Crippen LogP contribution >= 0.6 is 11.3 Å². The number of thiophene rings is 1. The second-order valence-corrected chi connectivity index (χ2v) is 2.69. The van der Waals surface area contributed by atoms with Crippen molar-refractivity contribution in [1.82, 2.24) is 0 Å². The first-order valence-electron chi connectivity index (χ1n) is 2.91. The number of hydrogen-bond donors (Lipinski definition) is 0. The Bertz CT molecular complexity index is 227. The van der Waals surface area contributed by atoms with E-state index in [0.29, 0.717) is 0 Å². The molecule has 0 unspecified atom stereocenters. The van der Waals surface area contributed by atoms with Crippen LogP contribution in [0.4, 0.5) is 0 Å². The summed E-state index contributed by atoms with van der Waals surface area (Å²) in [6, 6.07) is 2.08. The van der Waals surface area contributed by atoms with E-state index < -0.39 is 0 Å². The summed E-state index contributed by atoms with van der Waals surface area (Å²) in [6.45, 7) is 2.11. The van der Waals surface area contributed by atoms with Crippen molar-refractivity contribution < 1.29 is 0 Å². The quantitative estimate of drug-likeness (QED) is 0.520. The largest absolute Gasteiger partial charge is 0.135 e. The van der Waals surface area contributed by atoms with Gasteiger partial charge in [0.1, 0.15) is 0 Å². The van der Waals surface area contributed by atoms with Crippen molar-refractivity contribution in [3.05, 3.63) is 21.9 Å². The molecule has 0 aliphatic rings. The molecule has 0 radical (unpaired) electrons. The second-order valence-electron chi connectivity index (χ2n) is 1.77. The summed E-state index contributed by atoms with van der Waals surface area (Å²) < 4.78 is 0. The summed E-state index contributed by atoms with van der Waals surface area (Å²) in [4.78, 5) is 1.08. The molecule has 0 spiro atoms. The molecule has 1 rings (SSSR count). The van der Waals surface area contributed by atoms with Crippen LogP contribution in [0, 0.1) is 12.3 Å². The molecular weight excluding hydrogens is 128 g/mol. The number of hydrogen-bond acceptors (Lipinski definition) is 1. The van der Waals surface area contributed by atoms with Crippen LogP contribution < -0.4 is 0 Å². The summed E-state index contributed by atoms with van der Waals surface area (Å²) in [6.07, 6.45) is 6.28. The molecular formula is C8H8S. The molecule has 1 aromatic rings. The van der Waals surface area contributed by atoms with Gasteiger partial charge in [0, 0.05) is 0 Å². The van der Waals surface area contributed by atoms with E-state index in [4.69, 9.17) is 6.42 Å². The average Bonchev–Trinajstić information content (AvgIpc) is 2.33. The van der Waals surface area contributed by atoms with Gasteiger partial charge < -0.3 is 0 Å². The van der Waals surface area contributed by atoms with Gasteiger partial charge in [0.05, 0.1) is 4.88 Å². The normalized spacial score (nSPS) is 8.89. The standard InChI is InChI=1S/C8H8S/c1-3-7-5-6-9-8(7)4-2/h2,5-6H,3H2,1H3. The zero-order chi connectivity index (χ0) is 6.69. The van der Waals surface area contributed by atoms with Crippen LogP contribution in [0.2, 0.25) is 0 Å². The van der Waals surface area contributed by atoms with Crippen LogP contribution in [0.5, 0.6) is 0 Å². The first kappa shape index (κ1) is 6.38. The number of aryl methyl sites for hydroxylation is 1. The maximum Gasteiger partial charge on any atom is 0.0797 e. The van der Waals surface area contributed by atoms with Gasteiger partial charge in [-0.2, -0.15) is 0 Å². The number of rotatable bonds is 1. The SMILES string of the molecule is C#Cc1sccc1CC. The molecule has 0 atom stereocenters. The molecule has 0 nitrogen and oxygen atoms in total. The second kappa shape index (κ2) is 2.70. The lowest BCUT2D eigenvalue weighted by atomic mass is 10.2. The molecule has 0 fully saturated rings. The lowest BCUT2D eigenvalue weighted by Crippen LogP contribution is -1.76. The molecule has 0 saturated heterocycles. The van der Waals surface area contributed by atoms with E-state index in [1.54, 1.807) is 11.3 Å². The Hall–Kier alpha value is -0.740. The van der Waals surface area contributed by atoms with Gasteiger partial charge in [0.25, 0.3) is 0 Å². The van der Waals surface area contributed by atoms with Crippen molar-refractivity contribution in [3.63, 3.8) is 0 Å². The minimum absolute atomic E-state index is 1.04. The number of terminal acetylenes is 1. The van der Waals surface area contributed by atoms with Crippen molar-refractivity contribution in [2.24, 2.45) is 0 Å². The Morgan fingerprint density at radius 1 is 1.78 bits per heavy atom. The monoisotopic (exact) mass is 136 g/mol. The van der Waals surface area contributed by atoms with Gasteiger partial charge in [-0.25, -0.2) is 0 Å². The van der Waals surface area contributed by atoms with Crippen LogP contribution in [-0.4, -0.2) is 0 Å². The third-order valence-corrected chi connectivity index (χ3v) is 2.15. The van der Waals surface area contributed by atoms with Crippen LogP contribution in [0.15, 0.2) is 11.4 Å². The Morgan fingerprint density at radius 3 is 3.00 bits per heavy atom. The van der Waals surface area contributed by atoms with Crippen LogP contribution in [0.3, 0.4) is 0 Å². The van der Waals surface area contributed by atoms with E-state index in [-0.39, 0.29) is 0 Å². The van der Waals surface area contributed by atoms with Crippen LogP contribution in [0.25, 0.3) is 0 Å². The van der Waals surface area contributed by atoms with E-state index in [2.05, 4.69) is 18.9 Å². The van der Waals surface area contributed by atoms with E-state index in [9.17, 15) is 0 Å². The van der Waals surface area contributed by atoms with Crippen molar-refractivity contribution >= 4 is 11.3 Å². The van der Waals surface area contributed by atoms with E-state index in [1.807, 2.05) is 5.38 Å². The van der Waals surface area contributed by atoms with Crippen LogP contribution in [-0.2, 0) is 6.42 Å². The fraction of sp³-hybridized carbons (Fsp3) is 0.250. The molecule has 0 aliphatic carbocycles. The minimum atomic E-state index is 1.04. The van der Waals surface area contributed by atoms with Gasteiger partial charge in [0.2, 0.25) is 0 Å². The van der Waals surface area contributed by atoms with Gasteiger partial charge in [-0.3, -0.25) is 0 Å². The highest BCUT2D eigenvalue weighted by Gasteiger charge is 1.95. The third-order valence-electron chi connectivity index (χ3n) is 1.26.